The van der Waals surface area contributed by atoms with Crippen molar-refractivity contribution in [3.05, 3.63) is 35.4 Å². The second-order valence-electron chi connectivity index (χ2n) is 10.9. The number of nitrogens with zero attached hydrogens (tertiary/aromatic N) is 1. The average Bonchev–Trinajstić information content (AvgIpc) is 2.93. The Bertz CT molecular complexity index is 1030. The fourth-order valence-electron chi connectivity index (χ4n) is 4.25. The third-order valence-electron chi connectivity index (χ3n) is 6.27. The predicted octanol–water partition coefficient (Wildman–Crippen LogP) is 5.22. The quantitative estimate of drug-likeness (QED) is 0.134. The van der Waals surface area contributed by atoms with Gasteiger partial charge in [0.05, 0.1) is 13.0 Å². The Hall–Kier alpha value is -3.19. The van der Waals surface area contributed by atoms with E-state index in [0.29, 0.717) is 36.3 Å². The van der Waals surface area contributed by atoms with Crippen molar-refractivity contribution in [3.63, 3.8) is 0 Å². The number of rotatable bonds is 18. The van der Waals surface area contributed by atoms with Crippen LogP contribution in [0, 0.1) is 12.3 Å². The first-order chi connectivity index (χ1) is 20.0. The van der Waals surface area contributed by atoms with Crippen molar-refractivity contribution < 1.29 is 28.7 Å². The van der Waals surface area contributed by atoms with Crippen LogP contribution in [0.1, 0.15) is 96.7 Å². The molecule has 1 aromatic carbocycles. The van der Waals surface area contributed by atoms with Crippen LogP contribution in [0.2, 0.25) is 0 Å². The maximum Gasteiger partial charge on any atom is 0.408 e. The average molecular weight is 604 g/mol. The molecule has 0 heterocycles. The zero-order valence-corrected chi connectivity index (χ0v) is 26.9. The first kappa shape index (κ1) is 36.8. The van der Waals surface area contributed by atoms with Gasteiger partial charge in [-0.3, -0.25) is 14.4 Å². The number of benzene rings is 1. The van der Waals surface area contributed by atoms with Crippen LogP contribution in [-0.4, -0.2) is 72.1 Å². The standard InChI is InChI=1S/C32H49N3O6S/c1-8-11-12-13-14-22-35(30(38)26(20-23-42-7)34-31(39)41-32(4,5)6)28(25-17-15-24(9-2)16-18-25)29(37)33-21-19-27(36)40-10-3/h2,15-18,26,28H,8,10-14,19-23H2,1,3-7H3,(H,33,37)(H,34,39). The lowest BCUT2D eigenvalue weighted by molar-refractivity contribution is -0.144. The van der Waals surface area contributed by atoms with Gasteiger partial charge in [-0.2, -0.15) is 11.8 Å². The van der Waals surface area contributed by atoms with E-state index in [0.717, 1.165) is 25.7 Å². The van der Waals surface area contributed by atoms with E-state index in [1.54, 1.807) is 68.6 Å². The lowest BCUT2D eigenvalue weighted by Gasteiger charge is -2.34. The fourth-order valence-corrected chi connectivity index (χ4v) is 4.72. The van der Waals surface area contributed by atoms with Crippen molar-refractivity contribution >= 4 is 35.6 Å². The summed E-state index contributed by atoms with van der Waals surface area (Å²) in [5.41, 5.74) is 0.475. The SMILES string of the molecule is C#Cc1ccc(C(C(=O)NCCC(=O)OCC)N(CCCCCCC)C(=O)C(CCSC)NC(=O)OC(C)(C)C)cc1. The van der Waals surface area contributed by atoms with Gasteiger partial charge in [-0.05, 0) is 70.2 Å². The van der Waals surface area contributed by atoms with Crippen molar-refractivity contribution in [3.8, 4) is 12.3 Å². The maximum atomic E-state index is 14.2. The number of alkyl carbamates (subject to hydrolysis) is 1. The Kier molecular flexibility index (Phi) is 17.4. The van der Waals surface area contributed by atoms with Gasteiger partial charge in [-0.25, -0.2) is 4.79 Å². The van der Waals surface area contributed by atoms with E-state index in [1.165, 1.54) is 0 Å². The minimum Gasteiger partial charge on any atom is -0.466 e. The van der Waals surface area contributed by atoms with Crippen LogP contribution in [0.3, 0.4) is 0 Å². The number of hydrogen-bond donors (Lipinski definition) is 2. The van der Waals surface area contributed by atoms with E-state index < -0.39 is 35.7 Å². The van der Waals surface area contributed by atoms with E-state index in [9.17, 15) is 19.2 Å². The number of terminal acetylenes is 1. The number of amides is 3. The van der Waals surface area contributed by atoms with Gasteiger partial charge in [0.2, 0.25) is 11.8 Å². The maximum absolute atomic E-state index is 14.2. The van der Waals surface area contributed by atoms with Gasteiger partial charge >= 0.3 is 12.1 Å². The number of carbonyl (C=O) groups excluding carboxylic acids is 4. The van der Waals surface area contributed by atoms with Gasteiger partial charge in [-0.15, -0.1) is 6.42 Å². The monoisotopic (exact) mass is 603 g/mol. The Morgan fingerprint density at radius 2 is 1.71 bits per heavy atom. The van der Waals surface area contributed by atoms with Crippen LogP contribution >= 0.6 is 11.8 Å². The Morgan fingerprint density at radius 1 is 1.05 bits per heavy atom. The van der Waals surface area contributed by atoms with Gasteiger partial charge in [0.1, 0.15) is 17.7 Å². The molecule has 3 amide bonds. The highest BCUT2D eigenvalue weighted by Gasteiger charge is 2.36. The van der Waals surface area contributed by atoms with E-state index in [4.69, 9.17) is 15.9 Å². The largest absolute Gasteiger partial charge is 0.466 e. The van der Waals surface area contributed by atoms with E-state index >= 15 is 0 Å². The number of thioether (sulfide) groups is 1. The van der Waals surface area contributed by atoms with E-state index in [-0.39, 0.29) is 25.5 Å². The topological polar surface area (TPSA) is 114 Å². The molecule has 2 atom stereocenters. The van der Waals surface area contributed by atoms with Crippen molar-refractivity contribution in [2.75, 3.05) is 31.7 Å². The molecule has 42 heavy (non-hydrogen) atoms. The third kappa shape index (κ3) is 14.1. The van der Waals surface area contributed by atoms with Crippen molar-refractivity contribution in [1.82, 2.24) is 15.5 Å². The minimum absolute atomic E-state index is 0.00381. The minimum atomic E-state index is -1.00. The number of nitrogens with one attached hydrogen (secondary N) is 2. The molecule has 0 bridgehead atoms. The van der Waals surface area contributed by atoms with Crippen LogP contribution in [-0.2, 0) is 23.9 Å². The first-order valence-electron chi connectivity index (χ1n) is 14.8. The summed E-state index contributed by atoms with van der Waals surface area (Å²) in [5, 5.41) is 5.56. The Balaban J connectivity index is 3.45. The van der Waals surface area contributed by atoms with Gasteiger partial charge in [0, 0.05) is 18.7 Å². The molecular formula is C32H49N3O6S. The summed E-state index contributed by atoms with van der Waals surface area (Å²) < 4.78 is 10.4. The molecule has 0 saturated heterocycles. The normalized spacial score (nSPS) is 12.4. The van der Waals surface area contributed by atoms with Gasteiger partial charge in [-0.1, -0.05) is 50.7 Å². The second kappa shape index (κ2) is 19.8. The molecule has 0 aliphatic carbocycles. The zero-order valence-electron chi connectivity index (χ0n) is 26.1. The number of unbranched alkanes of at least 4 members (excludes halogenated alkanes) is 4. The molecule has 10 heteroatoms. The lowest BCUT2D eigenvalue weighted by atomic mass is 10.00. The number of ether oxygens (including phenoxy) is 2. The van der Waals surface area contributed by atoms with E-state index in [2.05, 4.69) is 23.5 Å². The predicted molar refractivity (Wildman–Crippen MR) is 168 cm³/mol. The second-order valence-corrected chi connectivity index (χ2v) is 11.9. The van der Waals surface area contributed by atoms with Crippen LogP contribution in [0.15, 0.2) is 24.3 Å². The number of hydrogen-bond acceptors (Lipinski definition) is 7. The molecule has 0 aromatic heterocycles. The molecule has 0 fully saturated rings. The third-order valence-corrected chi connectivity index (χ3v) is 6.92. The van der Waals surface area contributed by atoms with E-state index in [1.807, 2.05) is 6.26 Å². The molecule has 1 aromatic rings. The highest BCUT2D eigenvalue weighted by molar-refractivity contribution is 7.98. The van der Waals surface area contributed by atoms with Crippen molar-refractivity contribution in [1.29, 1.82) is 0 Å². The van der Waals surface area contributed by atoms with Gasteiger partial charge in [0.15, 0.2) is 0 Å². The van der Waals surface area contributed by atoms with Crippen LogP contribution in [0.25, 0.3) is 0 Å². The zero-order chi connectivity index (χ0) is 31.5. The Morgan fingerprint density at radius 3 is 2.29 bits per heavy atom. The Labute approximate surface area is 256 Å². The van der Waals surface area contributed by atoms with Crippen molar-refractivity contribution in [2.45, 2.75) is 97.2 Å². The highest BCUT2D eigenvalue weighted by atomic mass is 32.2. The van der Waals surface area contributed by atoms with Crippen LogP contribution in [0.4, 0.5) is 4.79 Å². The summed E-state index contributed by atoms with van der Waals surface area (Å²) in [4.78, 5) is 54.2. The van der Waals surface area contributed by atoms with Crippen LogP contribution in [0.5, 0.6) is 0 Å². The highest BCUT2D eigenvalue weighted by Crippen LogP contribution is 2.25. The summed E-state index contributed by atoms with van der Waals surface area (Å²) in [6.07, 6.45) is 11.9. The number of carbonyl (C=O) groups is 4. The summed E-state index contributed by atoms with van der Waals surface area (Å²) in [6, 6.07) is 5.02. The molecule has 9 nitrogen and oxygen atoms in total. The summed E-state index contributed by atoms with van der Waals surface area (Å²) in [5.74, 6) is 1.95. The molecule has 2 unspecified atom stereocenters. The molecule has 2 N–H and O–H groups in total. The molecule has 234 valence electrons. The number of esters is 1. The summed E-state index contributed by atoms with van der Waals surface area (Å²) in [7, 11) is 0. The smallest absolute Gasteiger partial charge is 0.408 e. The lowest BCUT2D eigenvalue weighted by Crippen LogP contribution is -2.53. The van der Waals surface area contributed by atoms with Crippen LogP contribution < -0.4 is 10.6 Å². The molecule has 0 spiro atoms. The van der Waals surface area contributed by atoms with Crippen molar-refractivity contribution in [2.24, 2.45) is 0 Å². The molecule has 0 saturated carbocycles. The van der Waals surface area contributed by atoms with Gasteiger partial charge in [0.25, 0.3) is 0 Å². The fraction of sp³-hybridized carbons (Fsp3) is 0.625. The molecular weight excluding hydrogens is 554 g/mol. The molecule has 0 aliphatic heterocycles. The molecule has 0 aliphatic rings. The summed E-state index contributed by atoms with van der Waals surface area (Å²) >= 11 is 1.55. The summed E-state index contributed by atoms with van der Waals surface area (Å²) in [6.45, 7) is 9.72. The first-order valence-corrected chi connectivity index (χ1v) is 16.2. The molecule has 1 rings (SSSR count). The van der Waals surface area contributed by atoms with Gasteiger partial charge < -0.3 is 25.0 Å². The molecule has 0 radical (unpaired) electrons.